The van der Waals surface area contributed by atoms with Crippen molar-refractivity contribution < 1.29 is 19.2 Å². The Bertz CT molecular complexity index is 1230. The van der Waals surface area contributed by atoms with Gasteiger partial charge in [-0.3, -0.25) is 14.9 Å². The molecule has 3 aromatic rings. The minimum absolute atomic E-state index is 0.0206. The number of hydrogen-bond donors (Lipinski definition) is 1. The molecule has 9 heteroatoms. The van der Waals surface area contributed by atoms with Crippen LogP contribution in [0.3, 0.4) is 0 Å². The van der Waals surface area contributed by atoms with Gasteiger partial charge < -0.3 is 9.47 Å². The van der Waals surface area contributed by atoms with Gasteiger partial charge >= 0.3 is 0 Å². The summed E-state index contributed by atoms with van der Waals surface area (Å²) < 4.78 is 11.9. The summed E-state index contributed by atoms with van der Waals surface area (Å²) in [6, 6.07) is 15.6. The molecular formula is C25H24BrN3O5. The molecule has 0 bridgehead atoms. The third-order valence-electron chi connectivity index (χ3n) is 5.12. The first-order chi connectivity index (χ1) is 16.3. The molecule has 0 spiro atoms. The molecule has 0 fully saturated rings. The second-order valence-electron chi connectivity index (χ2n) is 7.63. The highest BCUT2D eigenvalue weighted by atomic mass is 79.9. The molecule has 0 aliphatic rings. The monoisotopic (exact) mass is 525 g/mol. The van der Waals surface area contributed by atoms with Crippen LogP contribution in [0.5, 0.6) is 11.5 Å². The summed E-state index contributed by atoms with van der Waals surface area (Å²) in [5, 5.41) is 14.8. The number of aryl methyl sites for hydroxylation is 2. The molecule has 3 aromatic carbocycles. The molecule has 34 heavy (non-hydrogen) atoms. The van der Waals surface area contributed by atoms with E-state index in [2.05, 4.69) is 26.5 Å². The number of hydrogen-bond acceptors (Lipinski definition) is 6. The van der Waals surface area contributed by atoms with Gasteiger partial charge in [0.1, 0.15) is 6.61 Å². The van der Waals surface area contributed by atoms with Crippen molar-refractivity contribution in [3.8, 4) is 11.5 Å². The number of nitrogens with zero attached hydrogens (tertiary/aromatic N) is 2. The standard InChI is InChI=1S/C25H24BrN3O5/c1-16-4-5-19(10-17(16)2)13-24(30)28-27-14-20-11-22(26)25(23(12-20)33-3)34-15-18-6-8-21(9-7-18)29(31)32/h4-12,14H,13,15H2,1-3H3,(H,28,30)/b27-14-. The Labute approximate surface area is 205 Å². The smallest absolute Gasteiger partial charge is 0.269 e. The average molecular weight is 526 g/mol. The van der Waals surface area contributed by atoms with E-state index in [0.717, 1.165) is 16.7 Å². The van der Waals surface area contributed by atoms with Crippen LogP contribution >= 0.6 is 15.9 Å². The number of benzene rings is 3. The van der Waals surface area contributed by atoms with Crippen LogP contribution in [0.4, 0.5) is 5.69 Å². The number of amides is 1. The van der Waals surface area contributed by atoms with E-state index in [4.69, 9.17) is 9.47 Å². The van der Waals surface area contributed by atoms with Crippen LogP contribution in [0.2, 0.25) is 0 Å². The SMILES string of the molecule is COc1cc(/C=N\NC(=O)Cc2ccc(C)c(C)c2)cc(Br)c1OCc1ccc([N+](=O)[O-])cc1. The minimum Gasteiger partial charge on any atom is -0.493 e. The van der Waals surface area contributed by atoms with Crippen molar-refractivity contribution in [1.82, 2.24) is 5.43 Å². The number of rotatable bonds is 9. The number of methoxy groups -OCH3 is 1. The number of ether oxygens (including phenoxy) is 2. The maximum atomic E-state index is 12.2. The van der Waals surface area contributed by atoms with Gasteiger partial charge in [0.25, 0.3) is 5.69 Å². The first-order valence-corrected chi connectivity index (χ1v) is 11.2. The van der Waals surface area contributed by atoms with Crippen LogP contribution in [-0.2, 0) is 17.8 Å². The van der Waals surface area contributed by atoms with Crippen LogP contribution in [0.25, 0.3) is 0 Å². The molecule has 0 heterocycles. The number of hydrazone groups is 1. The summed E-state index contributed by atoms with van der Waals surface area (Å²) >= 11 is 3.48. The fraction of sp³-hybridized carbons (Fsp3) is 0.200. The summed E-state index contributed by atoms with van der Waals surface area (Å²) in [6.07, 6.45) is 1.76. The fourth-order valence-corrected chi connectivity index (χ4v) is 3.72. The topological polar surface area (TPSA) is 103 Å². The van der Waals surface area contributed by atoms with E-state index >= 15 is 0 Å². The Morgan fingerprint density at radius 2 is 1.79 bits per heavy atom. The van der Waals surface area contributed by atoms with Crippen LogP contribution in [0.1, 0.15) is 27.8 Å². The van der Waals surface area contributed by atoms with E-state index in [0.29, 0.717) is 21.5 Å². The third kappa shape index (κ3) is 6.64. The molecule has 0 atom stereocenters. The minimum atomic E-state index is -0.448. The molecule has 0 saturated heterocycles. The molecular weight excluding hydrogens is 502 g/mol. The summed E-state index contributed by atoms with van der Waals surface area (Å²) in [4.78, 5) is 22.5. The molecule has 0 aliphatic heterocycles. The maximum absolute atomic E-state index is 12.2. The zero-order valence-electron chi connectivity index (χ0n) is 19.0. The van der Waals surface area contributed by atoms with Gasteiger partial charge in [-0.25, -0.2) is 5.43 Å². The van der Waals surface area contributed by atoms with Gasteiger partial charge in [-0.15, -0.1) is 0 Å². The molecule has 0 aliphatic carbocycles. The molecule has 0 unspecified atom stereocenters. The van der Waals surface area contributed by atoms with Gasteiger partial charge in [0.2, 0.25) is 5.91 Å². The lowest BCUT2D eigenvalue weighted by molar-refractivity contribution is -0.384. The normalized spacial score (nSPS) is 10.8. The Kier molecular flexibility index (Phi) is 8.37. The van der Waals surface area contributed by atoms with Crippen molar-refractivity contribution in [2.75, 3.05) is 7.11 Å². The van der Waals surface area contributed by atoms with Gasteiger partial charge in [-0.1, -0.05) is 18.2 Å². The van der Waals surface area contributed by atoms with Crippen molar-refractivity contribution >= 4 is 33.7 Å². The second-order valence-corrected chi connectivity index (χ2v) is 8.49. The van der Waals surface area contributed by atoms with Crippen molar-refractivity contribution in [2.24, 2.45) is 5.10 Å². The van der Waals surface area contributed by atoms with Gasteiger partial charge in [-0.2, -0.15) is 5.10 Å². The highest BCUT2D eigenvalue weighted by molar-refractivity contribution is 9.10. The summed E-state index contributed by atoms with van der Waals surface area (Å²) in [6.45, 7) is 4.25. The zero-order chi connectivity index (χ0) is 24.7. The Balaban J connectivity index is 1.62. The number of nitro groups is 1. The van der Waals surface area contributed by atoms with Gasteiger partial charge in [0.05, 0.1) is 29.1 Å². The van der Waals surface area contributed by atoms with E-state index < -0.39 is 4.92 Å². The van der Waals surface area contributed by atoms with E-state index in [1.807, 2.05) is 32.0 Å². The van der Waals surface area contributed by atoms with Gasteiger partial charge in [0.15, 0.2) is 11.5 Å². The van der Waals surface area contributed by atoms with E-state index in [9.17, 15) is 14.9 Å². The first kappa shape index (κ1) is 24.9. The van der Waals surface area contributed by atoms with Crippen molar-refractivity contribution in [1.29, 1.82) is 0 Å². The first-order valence-electron chi connectivity index (χ1n) is 10.4. The van der Waals surface area contributed by atoms with E-state index in [1.54, 1.807) is 24.3 Å². The molecule has 1 N–H and O–H groups in total. The van der Waals surface area contributed by atoms with Crippen molar-refractivity contribution in [2.45, 2.75) is 26.9 Å². The molecule has 0 radical (unpaired) electrons. The van der Waals surface area contributed by atoms with Crippen molar-refractivity contribution in [3.63, 3.8) is 0 Å². The molecule has 0 aromatic heterocycles. The lowest BCUT2D eigenvalue weighted by Gasteiger charge is -2.13. The highest BCUT2D eigenvalue weighted by Gasteiger charge is 2.12. The number of non-ortho nitro benzene ring substituents is 1. The van der Waals surface area contributed by atoms with E-state index in [1.165, 1.54) is 31.0 Å². The Hall–Kier alpha value is -3.72. The van der Waals surface area contributed by atoms with Crippen LogP contribution in [0.15, 0.2) is 64.2 Å². The number of nitro benzene ring substituents is 1. The number of halogens is 1. The number of carbonyl (C=O) groups is 1. The predicted molar refractivity (Wildman–Crippen MR) is 133 cm³/mol. The quantitative estimate of drug-likeness (QED) is 0.233. The third-order valence-corrected chi connectivity index (χ3v) is 5.71. The second kappa shape index (κ2) is 11.4. The molecule has 8 nitrogen and oxygen atoms in total. The summed E-state index contributed by atoms with van der Waals surface area (Å²) in [5.41, 5.74) is 7.28. The lowest BCUT2D eigenvalue weighted by atomic mass is 10.0. The number of nitrogens with one attached hydrogen (secondary N) is 1. The average Bonchev–Trinajstić information content (AvgIpc) is 2.80. The van der Waals surface area contributed by atoms with Crippen molar-refractivity contribution in [3.05, 3.63) is 97.0 Å². The van der Waals surface area contributed by atoms with Gasteiger partial charge in [-0.05, 0) is 81.9 Å². The summed E-state index contributed by atoms with van der Waals surface area (Å²) in [5.74, 6) is 0.740. The number of carbonyl (C=O) groups excluding carboxylic acids is 1. The Morgan fingerprint density at radius 3 is 2.44 bits per heavy atom. The van der Waals surface area contributed by atoms with Gasteiger partial charge in [0, 0.05) is 12.1 Å². The van der Waals surface area contributed by atoms with Crippen LogP contribution in [0, 0.1) is 24.0 Å². The maximum Gasteiger partial charge on any atom is 0.269 e. The Morgan fingerprint density at radius 1 is 1.09 bits per heavy atom. The largest absolute Gasteiger partial charge is 0.493 e. The summed E-state index contributed by atoms with van der Waals surface area (Å²) in [7, 11) is 1.52. The predicted octanol–water partition coefficient (Wildman–Crippen LogP) is 5.25. The molecule has 3 rings (SSSR count). The van der Waals surface area contributed by atoms with E-state index in [-0.39, 0.29) is 24.6 Å². The molecule has 1 amide bonds. The molecule has 0 saturated carbocycles. The zero-order valence-corrected chi connectivity index (χ0v) is 20.6. The highest BCUT2D eigenvalue weighted by Crippen LogP contribution is 2.37. The van der Waals surface area contributed by atoms with Crippen LogP contribution < -0.4 is 14.9 Å². The molecule has 176 valence electrons. The fourth-order valence-electron chi connectivity index (χ4n) is 3.14. The lowest BCUT2D eigenvalue weighted by Crippen LogP contribution is -2.19. The van der Waals surface area contributed by atoms with Crippen LogP contribution in [-0.4, -0.2) is 24.2 Å².